The van der Waals surface area contributed by atoms with E-state index >= 15 is 0 Å². The lowest BCUT2D eigenvalue weighted by atomic mass is 10.2. The molecule has 3 nitrogen and oxygen atoms in total. The molecule has 2 heterocycles. The van der Waals surface area contributed by atoms with Crippen molar-refractivity contribution in [2.75, 3.05) is 0 Å². The molecule has 0 spiro atoms. The summed E-state index contributed by atoms with van der Waals surface area (Å²) in [7, 11) is 0. The van der Waals surface area contributed by atoms with Crippen molar-refractivity contribution in [3.05, 3.63) is 64.3 Å². The maximum atomic E-state index is 12.8. The predicted molar refractivity (Wildman–Crippen MR) is 71.5 cm³/mol. The number of carbonyl (C=O) groups is 1. The van der Waals surface area contributed by atoms with E-state index in [4.69, 9.17) is 4.42 Å². The van der Waals surface area contributed by atoms with Gasteiger partial charge < -0.3 is 4.42 Å². The Labute approximate surface area is 116 Å². The predicted octanol–water partition coefficient (Wildman–Crippen LogP) is 3.96. The Morgan fingerprint density at radius 2 is 2.05 bits per heavy atom. The summed E-state index contributed by atoms with van der Waals surface area (Å²) in [6.07, 6.45) is 1.01. The van der Waals surface area contributed by atoms with Crippen LogP contribution < -0.4 is 0 Å². The standard InChI is InChI=1S/C14H7BrFNO2/c15-9-1-4-12-8(5-9)6-13(19-12)14(18)11-3-2-10(16)7-17-11/h1-7H. The lowest BCUT2D eigenvalue weighted by Gasteiger charge is -1.95. The molecule has 0 unspecified atom stereocenters. The van der Waals surface area contributed by atoms with Crippen LogP contribution in [0.25, 0.3) is 11.0 Å². The second kappa shape index (κ2) is 4.59. The first-order valence-corrected chi connectivity index (χ1v) is 6.28. The molecule has 0 radical (unpaired) electrons. The summed E-state index contributed by atoms with van der Waals surface area (Å²) < 4.78 is 19.1. The van der Waals surface area contributed by atoms with E-state index in [1.54, 1.807) is 12.1 Å². The molecule has 5 heteroatoms. The Bertz CT molecular complexity index is 765. The highest BCUT2D eigenvalue weighted by atomic mass is 79.9. The normalized spacial score (nSPS) is 10.8. The van der Waals surface area contributed by atoms with E-state index < -0.39 is 5.82 Å². The summed E-state index contributed by atoms with van der Waals surface area (Å²) in [6.45, 7) is 0. The molecule has 0 N–H and O–H groups in total. The second-order valence-corrected chi connectivity index (χ2v) is 4.90. The lowest BCUT2D eigenvalue weighted by Crippen LogP contribution is -2.02. The molecule has 0 bridgehead atoms. The van der Waals surface area contributed by atoms with Crippen molar-refractivity contribution in [2.45, 2.75) is 0 Å². The van der Waals surface area contributed by atoms with E-state index in [-0.39, 0.29) is 17.2 Å². The highest BCUT2D eigenvalue weighted by Gasteiger charge is 2.16. The first-order chi connectivity index (χ1) is 9.13. The minimum Gasteiger partial charge on any atom is -0.453 e. The van der Waals surface area contributed by atoms with Gasteiger partial charge in [0.15, 0.2) is 5.76 Å². The molecule has 0 fully saturated rings. The molecule has 0 saturated carbocycles. The third-order valence-electron chi connectivity index (χ3n) is 2.66. The highest BCUT2D eigenvalue weighted by Crippen LogP contribution is 2.24. The van der Waals surface area contributed by atoms with Crippen LogP contribution in [0.4, 0.5) is 4.39 Å². The summed E-state index contributed by atoms with van der Waals surface area (Å²) in [4.78, 5) is 15.9. The second-order valence-electron chi connectivity index (χ2n) is 3.98. The number of hydrogen-bond donors (Lipinski definition) is 0. The quantitative estimate of drug-likeness (QED) is 0.671. The van der Waals surface area contributed by atoms with Crippen LogP contribution in [0.15, 0.2) is 51.5 Å². The Morgan fingerprint density at radius 1 is 1.21 bits per heavy atom. The van der Waals surface area contributed by atoms with Gasteiger partial charge in [-0.15, -0.1) is 0 Å². The van der Waals surface area contributed by atoms with Crippen molar-refractivity contribution in [3.63, 3.8) is 0 Å². The largest absolute Gasteiger partial charge is 0.453 e. The van der Waals surface area contributed by atoms with Gasteiger partial charge in [-0.2, -0.15) is 0 Å². The lowest BCUT2D eigenvalue weighted by molar-refractivity contribution is 0.101. The number of halogens is 2. The molecule has 0 aliphatic rings. The molecule has 94 valence electrons. The van der Waals surface area contributed by atoms with Gasteiger partial charge in [0.05, 0.1) is 6.20 Å². The molecule has 2 aromatic heterocycles. The summed E-state index contributed by atoms with van der Waals surface area (Å²) in [5, 5.41) is 0.819. The van der Waals surface area contributed by atoms with E-state index in [1.807, 2.05) is 12.1 Å². The van der Waals surface area contributed by atoms with Crippen LogP contribution in [0.3, 0.4) is 0 Å². The number of furan rings is 1. The Kier molecular flexibility index (Phi) is 2.91. The van der Waals surface area contributed by atoms with Crippen LogP contribution in [-0.2, 0) is 0 Å². The van der Waals surface area contributed by atoms with E-state index in [0.29, 0.717) is 5.58 Å². The van der Waals surface area contributed by atoms with Crippen molar-refractivity contribution in [2.24, 2.45) is 0 Å². The van der Waals surface area contributed by atoms with Crippen molar-refractivity contribution >= 4 is 32.7 Å². The topological polar surface area (TPSA) is 43.1 Å². The molecule has 1 aromatic carbocycles. The van der Waals surface area contributed by atoms with Crippen molar-refractivity contribution in [1.82, 2.24) is 4.98 Å². The van der Waals surface area contributed by atoms with Gasteiger partial charge in [-0.1, -0.05) is 15.9 Å². The monoisotopic (exact) mass is 319 g/mol. The van der Waals surface area contributed by atoms with Crippen LogP contribution in [0.5, 0.6) is 0 Å². The molecule has 3 aromatic rings. The van der Waals surface area contributed by atoms with E-state index in [1.165, 1.54) is 12.1 Å². The zero-order valence-corrected chi connectivity index (χ0v) is 11.1. The zero-order valence-electron chi connectivity index (χ0n) is 9.56. The SMILES string of the molecule is O=C(c1ccc(F)cn1)c1cc2cc(Br)ccc2o1. The van der Waals surface area contributed by atoms with Crippen LogP contribution in [-0.4, -0.2) is 10.8 Å². The average Bonchev–Trinajstić information content (AvgIpc) is 2.81. The maximum Gasteiger partial charge on any atom is 0.246 e. The highest BCUT2D eigenvalue weighted by molar-refractivity contribution is 9.10. The molecule has 0 saturated heterocycles. The number of pyridine rings is 1. The third-order valence-corrected chi connectivity index (χ3v) is 3.16. The summed E-state index contributed by atoms with van der Waals surface area (Å²) >= 11 is 3.35. The van der Waals surface area contributed by atoms with Crippen molar-refractivity contribution in [1.29, 1.82) is 0 Å². The van der Waals surface area contributed by atoms with Crippen LogP contribution in [0, 0.1) is 5.82 Å². The average molecular weight is 320 g/mol. The molecule has 3 rings (SSSR count). The fourth-order valence-corrected chi connectivity index (χ4v) is 2.14. The zero-order chi connectivity index (χ0) is 13.4. The van der Waals surface area contributed by atoms with Crippen LogP contribution in [0.2, 0.25) is 0 Å². The molecule has 19 heavy (non-hydrogen) atoms. The first kappa shape index (κ1) is 12.0. The van der Waals surface area contributed by atoms with E-state index in [0.717, 1.165) is 16.1 Å². The van der Waals surface area contributed by atoms with Gasteiger partial charge >= 0.3 is 0 Å². The van der Waals surface area contributed by atoms with Crippen LogP contribution in [0.1, 0.15) is 16.2 Å². The Balaban J connectivity index is 2.04. The van der Waals surface area contributed by atoms with E-state index in [9.17, 15) is 9.18 Å². The minimum atomic E-state index is -0.481. The third kappa shape index (κ3) is 2.29. The fourth-order valence-electron chi connectivity index (χ4n) is 1.76. The number of benzene rings is 1. The van der Waals surface area contributed by atoms with Crippen molar-refractivity contribution in [3.8, 4) is 0 Å². The van der Waals surface area contributed by atoms with Gasteiger partial charge in [-0.3, -0.25) is 4.79 Å². The number of nitrogens with zero attached hydrogens (tertiary/aromatic N) is 1. The number of fused-ring (bicyclic) bond motifs is 1. The number of carbonyl (C=O) groups excluding carboxylic acids is 1. The van der Waals surface area contributed by atoms with Crippen molar-refractivity contribution < 1.29 is 13.6 Å². The molecule has 0 aliphatic carbocycles. The summed E-state index contributed by atoms with van der Waals surface area (Å²) in [6, 6.07) is 9.63. The van der Waals surface area contributed by atoms with Gasteiger partial charge in [-0.05, 0) is 36.4 Å². The summed E-state index contributed by atoms with van der Waals surface area (Å²) in [5.41, 5.74) is 0.771. The van der Waals surface area contributed by atoms with Gasteiger partial charge in [0.25, 0.3) is 0 Å². The van der Waals surface area contributed by atoms with E-state index in [2.05, 4.69) is 20.9 Å². The van der Waals surface area contributed by atoms with Crippen LogP contribution >= 0.6 is 15.9 Å². The molecular weight excluding hydrogens is 313 g/mol. The van der Waals surface area contributed by atoms with Gasteiger partial charge in [-0.25, -0.2) is 9.37 Å². The number of ketones is 1. The molecule has 0 aliphatic heterocycles. The summed E-state index contributed by atoms with van der Waals surface area (Å²) in [5.74, 6) is -0.662. The minimum absolute atomic E-state index is 0.152. The number of rotatable bonds is 2. The van der Waals surface area contributed by atoms with Gasteiger partial charge in [0.2, 0.25) is 5.78 Å². The van der Waals surface area contributed by atoms with Gasteiger partial charge in [0.1, 0.15) is 17.1 Å². The van der Waals surface area contributed by atoms with Gasteiger partial charge in [0, 0.05) is 9.86 Å². The molecular formula is C14H7BrFNO2. The smallest absolute Gasteiger partial charge is 0.246 e. The molecule has 0 atom stereocenters. The maximum absolute atomic E-state index is 12.8. The number of aromatic nitrogens is 1. The Hall–Kier alpha value is -2.01. The fraction of sp³-hybridized carbons (Fsp3) is 0. The first-order valence-electron chi connectivity index (χ1n) is 5.49. The number of hydrogen-bond acceptors (Lipinski definition) is 3. The Morgan fingerprint density at radius 3 is 2.79 bits per heavy atom. The molecule has 0 amide bonds.